The number of unbranched alkanes of at least 4 members (excludes halogenated alkanes) is 2. The Morgan fingerprint density at radius 2 is 1.73 bits per heavy atom. The Hall–Kier alpha value is -4.15. The van der Waals surface area contributed by atoms with Crippen molar-refractivity contribution in [3.63, 3.8) is 0 Å². The maximum atomic E-state index is 13.6. The number of anilines is 1. The third-order valence-corrected chi connectivity index (χ3v) is 9.29. The lowest BCUT2D eigenvalue weighted by Gasteiger charge is -2.23. The summed E-state index contributed by atoms with van der Waals surface area (Å²) in [4.78, 5) is 28.6. The summed E-state index contributed by atoms with van der Waals surface area (Å²) in [5, 5.41) is 20.3. The third kappa shape index (κ3) is 6.97. The molecule has 5 rings (SSSR count). The van der Waals surface area contributed by atoms with Crippen molar-refractivity contribution in [2.75, 3.05) is 18.1 Å². The molecule has 0 radical (unpaired) electrons. The van der Waals surface area contributed by atoms with Crippen LogP contribution in [0, 0.1) is 6.92 Å². The van der Waals surface area contributed by atoms with Crippen LogP contribution in [0.25, 0.3) is 5.76 Å². The highest BCUT2D eigenvalue weighted by Crippen LogP contribution is 2.45. The van der Waals surface area contributed by atoms with Gasteiger partial charge in [-0.1, -0.05) is 109 Å². The number of ether oxygens (including phenoxy) is 2. The van der Waals surface area contributed by atoms with E-state index in [4.69, 9.17) is 9.47 Å². The molecular weight excluding hydrogens is 595 g/mol. The van der Waals surface area contributed by atoms with Gasteiger partial charge in [0.1, 0.15) is 5.76 Å². The van der Waals surface area contributed by atoms with Crippen molar-refractivity contribution < 1.29 is 24.2 Å². The van der Waals surface area contributed by atoms with Crippen molar-refractivity contribution in [2.24, 2.45) is 0 Å². The molecule has 1 aromatic heterocycles. The van der Waals surface area contributed by atoms with Crippen LogP contribution in [0.1, 0.15) is 61.4 Å². The lowest BCUT2D eigenvalue weighted by molar-refractivity contribution is -0.132. The van der Waals surface area contributed by atoms with Crippen LogP contribution >= 0.6 is 23.1 Å². The minimum atomic E-state index is -0.952. The van der Waals surface area contributed by atoms with E-state index in [9.17, 15) is 14.7 Å². The predicted molar refractivity (Wildman–Crippen MR) is 175 cm³/mol. The Morgan fingerprint density at radius 3 is 2.45 bits per heavy atom. The number of carbonyl (C=O) groups is 2. The summed E-state index contributed by atoms with van der Waals surface area (Å²) >= 11 is 2.74. The van der Waals surface area contributed by atoms with Gasteiger partial charge in [-0.05, 0) is 43.5 Å². The monoisotopic (exact) mass is 629 g/mol. The second-order valence-electron chi connectivity index (χ2n) is 10.4. The van der Waals surface area contributed by atoms with Crippen molar-refractivity contribution in [1.29, 1.82) is 0 Å². The smallest absolute Gasteiger partial charge is 0.301 e. The van der Waals surface area contributed by atoms with Gasteiger partial charge in [0.25, 0.3) is 5.78 Å². The molecule has 1 saturated heterocycles. The summed E-state index contributed by atoms with van der Waals surface area (Å²) in [6.07, 6.45) is 3.06. The van der Waals surface area contributed by atoms with Crippen LogP contribution in [-0.4, -0.2) is 40.2 Å². The molecule has 1 N–H and O–H groups in total. The SMILES string of the molecule is CCCCCOc1ccc(C2C(=C(O)c3ccccc3)C(=O)C(=O)N2c2nnc(SCc3ccc(C)cc3)s2)cc1OCC. The molecule has 0 aliphatic carbocycles. The maximum Gasteiger partial charge on any atom is 0.301 e. The summed E-state index contributed by atoms with van der Waals surface area (Å²) in [5.41, 5.74) is 3.31. The molecule has 8 nitrogen and oxygen atoms in total. The number of hydrogen-bond donors (Lipinski definition) is 1. The van der Waals surface area contributed by atoms with Gasteiger partial charge in [0.2, 0.25) is 5.13 Å². The van der Waals surface area contributed by atoms with Crippen LogP contribution in [0.15, 0.2) is 82.7 Å². The van der Waals surface area contributed by atoms with E-state index in [0.29, 0.717) is 45.9 Å². The fourth-order valence-electron chi connectivity index (χ4n) is 4.90. The summed E-state index contributed by atoms with van der Waals surface area (Å²) in [7, 11) is 0. The Bertz CT molecular complexity index is 1640. The van der Waals surface area contributed by atoms with Gasteiger partial charge in [-0.15, -0.1) is 10.2 Å². The Balaban J connectivity index is 1.53. The van der Waals surface area contributed by atoms with E-state index in [0.717, 1.165) is 24.8 Å². The maximum absolute atomic E-state index is 13.6. The van der Waals surface area contributed by atoms with Gasteiger partial charge in [0, 0.05) is 11.3 Å². The molecule has 4 aromatic rings. The van der Waals surface area contributed by atoms with Gasteiger partial charge in [0.05, 0.1) is 24.8 Å². The molecule has 1 atom stereocenters. The highest BCUT2D eigenvalue weighted by Gasteiger charge is 2.48. The summed E-state index contributed by atoms with van der Waals surface area (Å²) in [6.45, 7) is 7.01. The van der Waals surface area contributed by atoms with Crippen LogP contribution < -0.4 is 14.4 Å². The third-order valence-electron chi connectivity index (χ3n) is 7.17. The minimum absolute atomic E-state index is 0.0238. The van der Waals surface area contributed by atoms with E-state index in [1.54, 1.807) is 42.5 Å². The molecule has 1 unspecified atom stereocenters. The van der Waals surface area contributed by atoms with E-state index < -0.39 is 17.7 Å². The van der Waals surface area contributed by atoms with E-state index >= 15 is 0 Å². The average Bonchev–Trinajstić information content (AvgIpc) is 3.61. The second-order valence-corrected chi connectivity index (χ2v) is 12.5. The lowest BCUT2D eigenvalue weighted by Crippen LogP contribution is -2.29. The number of hydrogen-bond acceptors (Lipinski definition) is 9. The van der Waals surface area contributed by atoms with Crippen molar-refractivity contribution >= 4 is 45.7 Å². The molecule has 1 aliphatic heterocycles. The van der Waals surface area contributed by atoms with Crippen molar-refractivity contribution in [3.05, 3.63) is 101 Å². The number of nitrogens with zero attached hydrogens (tertiary/aromatic N) is 3. The number of rotatable bonds is 13. The number of ketones is 1. The molecule has 1 aliphatic rings. The van der Waals surface area contributed by atoms with Gasteiger partial charge >= 0.3 is 5.91 Å². The topological polar surface area (TPSA) is 102 Å². The lowest BCUT2D eigenvalue weighted by atomic mass is 9.95. The fourth-order valence-corrected chi connectivity index (χ4v) is 6.72. The predicted octanol–water partition coefficient (Wildman–Crippen LogP) is 7.73. The van der Waals surface area contributed by atoms with E-state index in [2.05, 4.69) is 41.4 Å². The molecular formula is C34H35N3O5S2. The number of Topliss-reactive ketones (excluding diaryl/α,β-unsaturated/α-hetero) is 1. The number of amides is 1. The first-order valence-electron chi connectivity index (χ1n) is 14.7. The Labute approximate surface area is 265 Å². The Kier molecular flexibility index (Phi) is 10.3. The highest BCUT2D eigenvalue weighted by molar-refractivity contribution is 8.00. The number of aryl methyl sites for hydroxylation is 1. The summed E-state index contributed by atoms with van der Waals surface area (Å²) < 4.78 is 12.6. The Morgan fingerprint density at radius 1 is 0.955 bits per heavy atom. The van der Waals surface area contributed by atoms with Crippen molar-refractivity contribution in [1.82, 2.24) is 10.2 Å². The van der Waals surface area contributed by atoms with Crippen LogP contribution in [0.2, 0.25) is 0 Å². The van der Waals surface area contributed by atoms with Gasteiger partial charge < -0.3 is 14.6 Å². The van der Waals surface area contributed by atoms with E-state index in [-0.39, 0.29) is 16.5 Å². The number of benzene rings is 3. The van der Waals surface area contributed by atoms with Gasteiger partial charge in [-0.3, -0.25) is 14.5 Å². The van der Waals surface area contributed by atoms with E-state index in [1.165, 1.54) is 33.6 Å². The molecule has 44 heavy (non-hydrogen) atoms. The molecule has 1 fully saturated rings. The van der Waals surface area contributed by atoms with E-state index in [1.807, 2.05) is 19.9 Å². The summed E-state index contributed by atoms with van der Waals surface area (Å²) in [6, 6.07) is 21.4. The molecule has 10 heteroatoms. The van der Waals surface area contributed by atoms with Crippen molar-refractivity contribution in [3.8, 4) is 11.5 Å². The van der Waals surface area contributed by atoms with Crippen LogP contribution in [0.4, 0.5) is 5.13 Å². The second kappa shape index (κ2) is 14.5. The normalized spacial score (nSPS) is 16.0. The molecule has 228 valence electrons. The van der Waals surface area contributed by atoms with Crippen LogP contribution in [0.3, 0.4) is 0 Å². The van der Waals surface area contributed by atoms with Crippen LogP contribution in [0.5, 0.6) is 11.5 Å². The van der Waals surface area contributed by atoms with Crippen molar-refractivity contribution in [2.45, 2.75) is 56.2 Å². The number of aliphatic hydroxyl groups is 1. The average molecular weight is 630 g/mol. The first kappa shape index (κ1) is 31.3. The zero-order chi connectivity index (χ0) is 31.1. The zero-order valence-corrected chi connectivity index (χ0v) is 26.6. The first-order valence-corrected chi connectivity index (χ1v) is 16.5. The molecule has 0 saturated carbocycles. The quantitative estimate of drug-likeness (QED) is 0.0400. The standard InChI is InChI=1S/C34H35N3O5S2/c1-4-6-10-19-42-26-18-17-25(20-27(26)41-5-2)29-28(30(38)24-11-8-7-9-12-24)31(39)32(40)37(29)33-35-36-34(44-33)43-21-23-15-13-22(3)14-16-23/h7-9,11-18,20,29,38H,4-6,10,19,21H2,1-3H3. The van der Waals surface area contributed by atoms with Gasteiger partial charge in [-0.25, -0.2) is 0 Å². The number of aliphatic hydroxyl groups excluding tert-OH is 1. The number of thioether (sulfide) groups is 1. The van der Waals surface area contributed by atoms with Gasteiger partial charge in [0.15, 0.2) is 15.8 Å². The van der Waals surface area contributed by atoms with Gasteiger partial charge in [-0.2, -0.15) is 0 Å². The molecule has 0 spiro atoms. The van der Waals surface area contributed by atoms with Crippen LogP contribution in [-0.2, 0) is 15.3 Å². The number of aromatic nitrogens is 2. The minimum Gasteiger partial charge on any atom is -0.507 e. The molecule has 0 bridgehead atoms. The zero-order valence-electron chi connectivity index (χ0n) is 25.0. The summed E-state index contributed by atoms with van der Waals surface area (Å²) in [5.74, 6) is -0.0683. The fraction of sp³-hybridized carbons (Fsp3) is 0.294. The largest absolute Gasteiger partial charge is 0.507 e. The first-order chi connectivity index (χ1) is 21.4. The molecule has 3 aromatic carbocycles. The molecule has 1 amide bonds. The number of carbonyl (C=O) groups excluding carboxylic acids is 2. The molecule has 2 heterocycles. The highest BCUT2D eigenvalue weighted by atomic mass is 32.2.